The number of hydrogen-bond donors (Lipinski definition) is 3. The molecule has 0 radical (unpaired) electrons. The molecule has 1 aliphatic heterocycles. The second-order valence-corrected chi connectivity index (χ2v) is 4.64. The highest BCUT2D eigenvalue weighted by atomic mass is 32.2. The van der Waals surface area contributed by atoms with Gasteiger partial charge in [-0.2, -0.15) is 8.42 Å². The zero-order chi connectivity index (χ0) is 10.9. The van der Waals surface area contributed by atoms with Crippen LogP contribution >= 0.6 is 0 Å². The molecule has 0 spiro atoms. The van der Waals surface area contributed by atoms with Crippen LogP contribution in [-0.2, 0) is 19.0 Å². The number of rotatable bonds is 2. The van der Waals surface area contributed by atoms with Crippen LogP contribution < -0.4 is 0 Å². The van der Waals surface area contributed by atoms with Crippen molar-refractivity contribution in [2.45, 2.75) is 24.6 Å². The van der Waals surface area contributed by atoms with E-state index in [0.29, 0.717) is 0 Å². The summed E-state index contributed by atoms with van der Waals surface area (Å²) in [5, 5.41) is 27.3. The summed E-state index contributed by atoms with van der Waals surface area (Å²) in [6.07, 6.45) is -4.96. The summed E-state index contributed by atoms with van der Waals surface area (Å²) < 4.78 is 30.4. The molecule has 8 heteroatoms. The summed E-state index contributed by atoms with van der Waals surface area (Å²) in [5.74, 6) is 0. The van der Waals surface area contributed by atoms with E-state index in [-0.39, 0.29) is 6.61 Å². The van der Waals surface area contributed by atoms with Gasteiger partial charge in [0.1, 0.15) is 18.3 Å². The first kappa shape index (κ1) is 11.8. The van der Waals surface area contributed by atoms with Gasteiger partial charge in [0.05, 0.1) is 12.9 Å². The molecule has 1 aliphatic rings. The molecule has 14 heavy (non-hydrogen) atoms. The highest BCUT2D eigenvalue weighted by Gasteiger charge is 2.39. The SMILES string of the molecule is CS(=O)(=O)O[C@@H]1CO[C@H](O)[C@@H](O)[C@@H]1O. The number of aliphatic hydroxyl groups excluding tert-OH is 3. The molecule has 1 fully saturated rings. The van der Waals surface area contributed by atoms with E-state index < -0.39 is 34.7 Å². The fraction of sp³-hybridized carbons (Fsp3) is 1.00. The van der Waals surface area contributed by atoms with Crippen molar-refractivity contribution in [1.29, 1.82) is 0 Å². The molecule has 0 aromatic carbocycles. The molecule has 0 aliphatic carbocycles. The Balaban J connectivity index is 2.64. The molecule has 1 heterocycles. The van der Waals surface area contributed by atoms with E-state index in [4.69, 9.17) is 10.2 Å². The third kappa shape index (κ3) is 2.87. The molecule has 7 nitrogen and oxygen atoms in total. The first-order valence-corrected chi connectivity index (χ1v) is 5.67. The van der Waals surface area contributed by atoms with E-state index in [1.807, 2.05) is 0 Å². The Morgan fingerprint density at radius 3 is 2.36 bits per heavy atom. The average molecular weight is 228 g/mol. The Morgan fingerprint density at radius 1 is 1.29 bits per heavy atom. The van der Waals surface area contributed by atoms with Gasteiger partial charge in [-0.05, 0) is 0 Å². The molecule has 0 bridgehead atoms. The van der Waals surface area contributed by atoms with Gasteiger partial charge in [-0.15, -0.1) is 0 Å². The monoisotopic (exact) mass is 228 g/mol. The average Bonchev–Trinajstić information content (AvgIpc) is 2.04. The van der Waals surface area contributed by atoms with E-state index in [1.54, 1.807) is 0 Å². The summed E-state index contributed by atoms with van der Waals surface area (Å²) in [6.45, 7) is -0.299. The smallest absolute Gasteiger partial charge is 0.264 e. The van der Waals surface area contributed by atoms with Gasteiger partial charge < -0.3 is 20.1 Å². The predicted octanol–water partition coefficient (Wildman–Crippen LogP) is -2.60. The van der Waals surface area contributed by atoms with Crippen LogP contribution in [0.5, 0.6) is 0 Å². The molecule has 1 rings (SSSR count). The molecular formula is C6H12O7S. The summed E-state index contributed by atoms with van der Waals surface area (Å²) in [7, 11) is -3.73. The van der Waals surface area contributed by atoms with Crippen LogP contribution in [0.3, 0.4) is 0 Å². The van der Waals surface area contributed by atoms with Gasteiger partial charge in [-0.25, -0.2) is 0 Å². The zero-order valence-electron chi connectivity index (χ0n) is 7.40. The van der Waals surface area contributed by atoms with Crippen LogP contribution in [0, 0.1) is 0 Å². The molecule has 4 atom stereocenters. The summed E-state index contributed by atoms with van der Waals surface area (Å²) in [5.41, 5.74) is 0. The van der Waals surface area contributed by atoms with Crippen LogP contribution in [0.2, 0.25) is 0 Å². The van der Waals surface area contributed by atoms with Crippen LogP contribution in [0.1, 0.15) is 0 Å². The van der Waals surface area contributed by atoms with E-state index in [2.05, 4.69) is 8.92 Å². The molecule has 0 amide bonds. The van der Waals surface area contributed by atoms with Gasteiger partial charge in [0.25, 0.3) is 10.1 Å². The lowest BCUT2D eigenvalue weighted by molar-refractivity contribution is -0.247. The van der Waals surface area contributed by atoms with E-state index in [9.17, 15) is 13.5 Å². The fourth-order valence-electron chi connectivity index (χ4n) is 1.09. The minimum absolute atomic E-state index is 0.299. The molecule has 0 aromatic heterocycles. The van der Waals surface area contributed by atoms with Crippen molar-refractivity contribution in [2.75, 3.05) is 12.9 Å². The Hall–Kier alpha value is -0.250. The van der Waals surface area contributed by atoms with Crippen LogP contribution in [0.15, 0.2) is 0 Å². The number of hydrogen-bond acceptors (Lipinski definition) is 7. The van der Waals surface area contributed by atoms with Crippen LogP contribution in [0.4, 0.5) is 0 Å². The van der Waals surface area contributed by atoms with Crippen LogP contribution in [0.25, 0.3) is 0 Å². The van der Waals surface area contributed by atoms with E-state index in [0.717, 1.165) is 6.26 Å². The minimum Gasteiger partial charge on any atom is -0.387 e. The van der Waals surface area contributed by atoms with Gasteiger partial charge >= 0.3 is 0 Å². The van der Waals surface area contributed by atoms with Crippen molar-refractivity contribution >= 4 is 10.1 Å². The topological polar surface area (TPSA) is 113 Å². The van der Waals surface area contributed by atoms with Gasteiger partial charge in [-0.1, -0.05) is 0 Å². The van der Waals surface area contributed by atoms with Gasteiger partial charge in [0.15, 0.2) is 6.29 Å². The maximum Gasteiger partial charge on any atom is 0.264 e. The molecule has 0 unspecified atom stereocenters. The normalized spacial score (nSPS) is 39.7. The van der Waals surface area contributed by atoms with Crippen molar-refractivity contribution in [3.8, 4) is 0 Å². The van der Waals surface area contributed by atoms with E-state index >= 15 is 0 Å². The second-order valence-electron chi connectivity index (χ2n) is 3.04. The maximum atomic E-state index is 10.7. The molecular weight excluding hydrogens is 216 g/mol. The summed E-state index contributed by atoms with van der Waals surface area (Å²) in [4.78, 5) is 0. The molecule has 84 valence electrons. The van der Waals surface area contributed by atoms with Crippen molar-refractivity contribution in [3.05, 3.63) is 0 Å². The minimum atomic E-state index is -3.73. The fourth-order valence-corrected chi connectivity index (χ4v) is 1.71. The van der Waals surface area contributed by atoms with E-state index in [1.165, 1.54) is 0 Å². The van der Waals surface area contributed by atoms with Crippen molar-refractivity contribution in [2.24, 2.45) is 0 Å². The van der Waals surface area contributed by atoms with Crippen molar-refractivity contribution < 1.29 is 32.7 Å². The highest BCUT2D eigenvalue weighted by molar-refractivity contribution is 7.86. The van der Waals surface area contributed by atoms with Gasteiger partial charge in [-0.3, -0.25) is 4.18 Å². The Kier molecular flexibility index (Phi) is 3.45. The quantitative estimate of drug-likeness (QED) is 0.444. The second kappa shape index (κ2) is 4.09. The first-order chi connectivity index (χ1) is 6.31. The molecule has 3 N–H and O–H groups in total. The highest BCUT2D eigenvalue weighted by Crippen LogP contribution is 2.17. The van der Waals surface area contributed by atoms with Crippen LogP contribution in [-0.4, -0.2) is 61.2 Å². The third-order valence-corrected chi connectivity index (χ3v) is 2.35. The largest absolute Gasteiger partial charge is 0.387 e. The lowest BCUT2D eigenvalue weighted by atomic mass is 10.1. The van der Waals surface area contributed by atoms with Crippen molar-refractivity contribution in [3.63, 3.8) is 0 Å². The molecule has 1 saturated heterocycles. The predicted molar refractivity (Wildman–Crippen MR) is 43.7 cm³/mol. The summed E-state index contributed by atoms with van der Waals surface area (Å²) in [6, 6.07) is 0. The van der Waals surface area contributed by atoms with Gasteiger partial charge in [0, 0.05) is 0 Å². The molecule has 0 saturated carbocycles. The zero-order valence-corrected chi connectivity index (χ0v) is 8.22. The summed E-state index contributed by atoms with van der Waals surface area (Å²) >= 11 is 0. The third-order valence-electron chi connectivity index (χ3n) is 1.75. The maximum absolute atomic E-state index is 10.7. The Morgan fingerprint density at radius 2 is 1.86 bits per heavy atom. The first-order valence-electron chi connectivity index (χ1n) is 3.85. The Labute approximate surface area is 81.0 Å². The van der Waals surface area contributed by atoms with Gasteiger partial charge in [0.2, 0.25) is 0 Å². The lowest BCUT2D eigenvalue weighted by Gasteiger charge is -2.33. The number of ether oxygens (including phenoxy) is 1. The standard InChI is InChI=1S/C6H12O7S/c1-14(10,11)13-3-2-12-6(9)5(8)4(3)7/h3-9H,2H2,1H3/t3-,4-,5+,6+/m1/s1. The number of aliphatic hydroxyl groups is 3. The molecule has 0 aromatic rings. The Bertz CT molecular complexity index is 287. The van der Waals surface area contributed by atoms with Crippen molar-refractivity contribution in [1.82, 2.24) is 0 Å². The lowest BCUT2D eigenvalue weighted by Crippen LogP contribution is -2.54.